The number of anilines is 2. The number of aromatic nitrogens is 3. The van der Waals surface area contributed by atoms with Crippen LogP contribution in [0.1, 0.15) is 24.2 Å². The fraction of sp³-hybridized carbons (Fsp3) is 0.375. The number of ether oxygens (including phenoxy) is 2. The zero-order valence-corrected chi connectivity index (χ0v) is 20.8. The van der Waals surface area contributed by atoms with E-state index in [1.54, 1.807) is 7.11 Å². The molecule has 0 unspecified atom stereocenters. The molecule has 2 N–H and O–H groups in total. The van der Waals surface area contributed by atoms with Crippen molar-refractivity contribution in [1.29, 1.82) is 0 Å². The van der Waals surface area contributed by atoms with Crippen LogP contribution in [0.15, 0.2) is 47.6 Å². The number of hydrogen-bond donors (Lipinski definition) is 2. The molecule has 1 atom stereocenters. The SMILES string of the molecule is COc1ccc(NC(=O)CSc2nnc(CNc3ccc(C)c(Cl)c3)n2C[C@H]2CCCO2)cc1. The molecule has 0 bridgehead atoms. The fourth-order valence-corrected chi connectivity index (χ4v) is 4.56. The third kappa shape index (κ3) is 6.43. The first-order chi connectivity index (χ1) is 16.5. The third-order valence-corrected chi connectivity index (χ3v) is 6.91. The van der Waals surface area contributed by atoms with Crippen LogP contribution in [0.5, 0.6) is 5.75 Å². The zero-order chi connectivity index (χ0) is 23.9. The molecule has 3 aromatic rings. The van der Waals surface area contributed by atoms with Crippen molar-refractivity contribution in [2.45, 2.75) is 44.1 Å². The van der Waals surface area contributed by atoms with Gasteiger partial charge in [0.2, 0.25) is 5.91 Å². The van der Waals surface area contributed by atoms with Crippen molar-refractivity contribution < 1.29 is 14.3 Å². The number of carbonyl (C=O) groups excluding carboxylic acids is 1. The lowest BCUT2D eigenvalue weighted by Crippen LogP contribution is -2.20. The lowest BCUT2D eigenvalue weighted by atomic mass is 10.2. The van der Waals surface area contributed by atoms with Crippen molar-refractivity contribution in [3.8, 4) is 5.75 Å². The molecule has 0 radical (unpaired) electrons. The second-order valence-corrected chi connectivity index (χ2v) is 9.38. The largest absolute Gasteiger partial charge is 0.497 e. The maximum absolute atomic E-state index is 12.5. The van der Waals surface area contributed by atoms with Gasteiger partial charge >= 0.3 is 0 Å². The van der Waals surface area contributed by atoms with Crippen molar-refractivity contribution in [2.75, 3.05) is 30.1 Å². The smallest absolute Gasteiger partial charge is 0.234 e. The second-order valence-electron chi connectivity index (χ2n) is 8.03. The van der Waals surface area contributed by atoms with E-state index in [4.69, 9.17) is 21.1 Å². The van der Waals surface area contributed by atoms with Crippen LogP contribution in [0, 0.1) is 6.92 Å². The van der Waals surface area contributed by atoms with Gasteiger partial charge in [0.1, 0.15) is 5.75 Å². The molecule has 1 amide bonds. The van der Waals surface area contributed by atoms with Crippen molar-refractivity contribution in [2.24, 2.45) is 0 Å². The molecule has 10 heteroatoms. The Labute approximate surface area is 208 Å². The van der Waals surface area contributed by atoms with Crippen molar-refractivity contribution >= 4 is 40.6 Å². The monoisotopic (exact) mass is 501 g/mol. The van der Waals surface area contributed by atoms with Crippen molar-refractivity contribution in [3.05, 3.63) is 58.9 Å². The summed E-state index contributed by atoms with van der Waals surface area (Å²) in [5.74, 6) is 1.63. The number of aryl methyl sites for hydroxylation is 1. The average Bonchev–Trinajstić information content (AvgIpc) is 3.49. The number of hydrogen-bond acceptors (Lipinski definition) is 7. The molecule has 0 spiro atoms. The van der Waals surface area contributed by atoms with E-state index in [2.05, 4.69) is 20.8 Å². The number of methoxy groups -OCH3 is 1. The Morgan fingerprint density at radius 1 is 1.24 bits per heavy atom. The zero-order valence-electron chi connectivity index (χ0n) is 19.2. The summed E-state index contributed by atoms with van der Waals surface area (Å²) >= 11 is 7.61. The van der Waals surface area contributed by atoms with Crippen LogP contribution < -0.4 is 15.4 Å². The van der Waals surface area contributed by atoms with Gasteiger partial charge < -0.3 is 24.7 Å². The Balaban J connectivity index is 1.41. The van der Waals surface area contributed by atoms with E-state index >= 15 is 0 Å². The molecule has 1 aliphatic rings. The van der Waals surface area contributed by atoms with Crippen molar-refractivity contribution in [1.82, 2.24) is 14.8 Å². The maximum atomic E-state index is 12.5. The third-order valence-electron chi connectivity index (χ3n) is 5.53. The van der Waals surface area contributed by atoms with E-state index in [-0.39, 0.29) is 17.8 Å². The molecule has 1 saturated heterocycles. The summed E-state index contributed by atoms with van der Waals surface area (Å²) in [6.45, 7) is 3.88. The van der Waals surface area contributed by atoms with Gasteiger partial charge in [-0.1, -0.05) is 29.4 Å². The highest BCUT2D eigenvalue weighted by atomic mass is 35.5. The molecule has 180 valence electrons. The molecule has 4 rings (SSSR count). The summed E-state index contributed by atoms with van der Waals surface area (Å²) in [6.07, 6.45) is 2.17. The number of nitrogens with one attached hydrogen (secondary N) is 2. The van der Waals surface area contributed by atoms with Crippen LogP contribution >= 0.6 is 23.4 Å². The fourth-order valence-electron chi connectivity index (χ4n) is 3.62. The van der Waals surface area contributed by atoms with E-state index in [1.807, 2.05) is 54.0 Å². The van der Waals surface area contributed by atoms with Crippen LogP contribution in [0.25, 0.3) is 0 Å². The number of amides is 1. The molecule has 1 aliphatic heterocycles. The number of benzene rings is 2. The minimum Gasteiger partial charge on any atom is -0.497 e. The lowest BCUT2D eigenvalue weighted by Gasteiger charge is -2.15. The molecule has 1 aromatic heterocycles. The molecule has 8 nitrogen and oxygen atoms in total. The van der Waals surface area contributed by atoms with E-state index < -0.39 is 0 Å². The van der Waals surface area contributed by atoms with Gasteiger partial charge in [0, 0.05) is 23.0 Å². The summed E-state index contributed by atoms with van der Waals surface area (Å²) in [5, 5.41) is 16.4. The van der Waals surface area contributed by atoms with Crippen LogP contribution in [0.3, 0.4) is 0 Å². The predicted octanol–water partition coefficient (Wildman–Crippen LogP) is 4.77. The van der Waals surface area contributed by atoms with Crippen LogP contribution in [0.4, 0.5) is 11.4 Å². The minimum absolute atomic E-state index is 0.115. The van der Waals surface area contributed by atoms with Gasteiger partial charge in [-0.2, -0.15) is 0 Å². The highest BCUT2D eigenvalue weighted by molar-refractivity contribution is 7.99. The minimum atomic E-state index is -0.115. The summed E-state index contributed by atoms with van der Waals surface area (Å²) in [6, 6.07) is 13.1. The molecule has 0 saturated carbocycles. The van der Waals surface area contributed by atoms with E-state index in [0.717, 1.165) is 42.3 Å². The van der Waals surface area contributed by atoms with Crippen LogP contribution in [-0.2, 0) is 22.6 Å². The number of thioether (sulfide) groups is 1. The topological polar surface area (TPSA) is 90.3 Å². The summed E-state index contributed by atoms with van der Waals surface area (Å²) < 4.78 is 13.0. The molecule has 34 heavy (non-hydrogen) atoms. The number of halogens is 1. The van der Waals surface area contributed by atoms with E-state index in [1.165, 1.54) is 11.8 Å². The Kier molecular flexibility index (Phi) is 8.31. The predicted molar refractivity (Wildman–Crippen MR) is 135 cm³/mol. The van der Waals surface area contributed by atoms with Crippen LogP contribution in [-0.4, -0.2) is 46.2 Å². The summed E-state index contributed by atoms with van der Waals surface area (Å²) in [7, 11) is 1.61. The first-order valence-corrected chi connectivity index (χ1v) is 12.5. The van der Waals surface area contributed by atoms with Gasteiger partial charge in [-0.15, -0.1) is 10.2 Å². The average molecular weight is 502 g/mol. The standard InChI is InChI=1S/C24H28ClN5O3S/c1-16-5-6-18(12-21(16)25)26-13-22-28-29-24(30(22)14-20-4-3-11-33-20)34-15-23(31)27-17-7-9-19(32-2)10-8-17/h5-10,12,20,26H,3-4,11,13-15H2,1-2H3,(H,27,31)/t20-/m1/s1. The number of rotatable bonds is 10. The van der Waals surface area contributed by atoms with Gasteiger partial charge in [-0.3, -0.25) is 4.79 Å². The van der Waals surface area contributed by atoms with Gasteiger partial charge in [0.05, 0.1) is 32.1 Å². The number of carbonyl (C=O) groups is 1. The Morgan fingerprint density at radius 2 is 2.03 bits per heavy atom. The van der Waals surface area contributed by atoms with Crippen molar-refractivity contribution in [3.63, 3.8) is 0 Å². The Morgan fingerprint density at radius 3 is 2.74 bits per heavy atom. The van der Waals surface area contributed by atoms with Crippen LogP contribution in [0.2, 0.25) is 5.02 Å². The van der Waals surface area contributed by atoms with Gasteiger partial charge in [-0.05, 0) is 61.7 Å². The first-order valence-electron chi connectivity index (χ1n) is 11.1. The normalized spacial score (nSPS) is 15.3. The van der Waals surface area contributed by atoms with E-state index in [0.29, 0.717) is 29.0 Å². The molecular formula is C24H28ClN5O3S. The highest BCUT2D eigenvalue weighted by Crippen LogP contribution is 2.24. The first kappa shape index (κ1) is 24.4. The highest BCUT2D eigenvalue weighted by Gasteiger charge is 2.21. The Hall–Kier alpha value is -2.75. The lowest BCUT2D eigenvalue weighted by molar-refractivity contribution is -0.113. The Bertz CT molecular complexity index is 1120. The summed E-state index contributed by atoms with van der Waals surface area (Å²) in [4.78, 5) is 12.5. The van der Waals surface area contributed by atoms with Gasteiger partial charge in [0.25, 0.3) is 0 Å². The van der Waals surface area contributed by atoms with E-state index in [9.17, 15) is 4.79 Å². The van der Waals surface area contributed by atoms with Gasteiger partial charge in [0.15, 0.2) is 11.0 Å². The summed E-state index contributed by atoms with van der Waals surface area (Å²) in [5.41, 5.74) is 2.66. The van der Waals surface area contributed by atoms with Gasteiger partial charge in [-0.25, -0.2) is 0 Å². The second kappa shape index (κ2) is 11.6. The maximum Gasteiger partial charge on any atom is 0.234 e. The number of nitrogens with zero attached hydrogens (tertiary/aromatic N) is 3. The molecule has 2 aromatic carbocycles. The quantitative estimate of drug-likeness (QED) is 0.387. The molecule has 2 heterocycles. The molecule has 0 aliphatic carbocycles. The molecule has 1 fully saturated rings. The molecular weight excluding hydrogens is 474 g/mol.